The maximum absolute atomic E-state index is 12.7. The molecule has 2 aromatic rings. The minimum absolute atomic E-state index is 0.101. The number of fused-ring (bicyclic) bond motifs is 1. The highest BCUT2D eigenvalue weighted by atomic mass is 32.3. The zero-order chi connectivity index (χ0) is 15.7. The molecule has 1 aliphatic heterocycles. The van der Waals surface area contributed by atoms with Gasteiger partial charge >= 0.3 is 10.2 Å². The van der Waals surface area contributed by atoms with E-state index in [1.54, 1.807) is 11.1 Å². The lowest BCUT2D eigenvalue weighted by Crippen LogP contribution is -2.28. The van der Waals surface area contributed by atoms with Gasteiger partial charge in [-0.2, -0.15) is 8.42 Å². The number of rotatable bonds is 5. The fraction of sp³-hybridized carbons (Fsp3) is 0.429. The Morgan fingerprint density at radius 3 is 2.95 bits per heavy atom. The summed E-state index contributed by atoms with van der Waals surface area (Å²) in [5.74, 6) is -1.13. The Morgan fingerprint density at radius 1 is 1.36 bits per heavy atom. The Kier molecular flexibility index (Phi) is 3.86. The molecule has 0 spiro atoms. The van der Waals surface area contributed by atoms with Crippen LogP contribution in [0.2, 0.25) is 0 Å². The average molecular weight is 325 g/mol. The Balaban J connectivity index is 1.60. The number of likely N-dealkylation sites (tertiary alicyclic amines) is 1. The summed E-state index contributed by atoms with van der Waals surface area (Å²) in [5.41, 5.74) is 1.91. The summed E-state index contributed by atoms with van der Waals surface area (Å²) < 4.78 is 35.9. The second-order valence-corrected chi connectivity index (χ2v) is 7.01. The van der Waals surface area contributed by atoms with Crippen LogP contribution in [-0.4, -0.2) is 47.5 Å². The first kappa shape index (κ1) is 15.0. The summed E-state index contributed by atoms with van der Waals surface area (Å²) in [7, 11) is -4.53. The number of carbonyl (C=O) groups excluding carboxylic acids is 1. The average Bonchev–Trinajstić information content (AvgIpc) is 3.00. The van der Waals surface area contributed by atoms with Gasteiger partial charge < -0.3 is 9.30 Å². The highest BCUT2D eigenvalue weighted by molar-refractivity contribution is 7.86. The van der Waals surface area contributed by atoms with E-state index >= 15 is 0 Å². The SMILES string of the molecule is O=C1CC(CS(=O)(=O)F)CN1CCc1ccc2nccn2c1. The number of halogens is 1. The van der Waals surface area contributed by atoms with Crippen molar-refractivity contribution >= 4 is 21.8 Å². The molecular formula is C14H16FN3O3S. The molecule has 1 aliphatic rings. The van der Waals surface area contributed by atoms with Gasteiger partial charge in [0.1, 0.15) is 5.65 Å². The van der Waals surface area contributed by atoms with Crippen LogP contribution >= 0.6 is 0 Å². The molecule has 0 aromatic carbocycles. The van der Waals surface area contributed by atoms with E-state index in [1.165, 1.54) is 0 Å². The van der Waals surface area contributed by atoms with Gasteiger partial charge in [0, 0.05) is 44.0 Å². The van der Waals surface area contributed by atoms with Gasteiger partial charge in [-0.3, -0.25) is 4.79 Å². The Hall–Kier alpha value is -1.96. The number of hydrogen-bond donors (Lipinski definition) is 0. The highest BCUT2D eigenvalue weighted by Gasteiger charge is 2.32. The fourth-order valence-corrected chi connectivity index (χ4v) is 3.63. The number of aromatic nitrogens is 2. The fourth-order valence-electron chi connectivity index (χ4n) is 2.84. The van der Waals surface area contributed by atoms with E-state index in [1.807, 2.05) is 28.9 Å². The number of imidazole rings is 1. The van der Waals surface area contributed by atoms with Crippen molar-refractivity contribution in [2.45, 2.75) is 12.8 Å². The lowest BCUT2D eigenvalue weighted by atomic mass is 10.1. The smallest absolute Gasteiger partial charge is 0.302 e. The maximum atomic E-state index is 12.7. The van der Waals surface area contributed by atoms with Crippen LogP contribution in [-0.2, 0) is 21.4 Å². The Labute approximate surface area is 127 Å². The minimum atomic E-state index is -4.53. The zero-order valence-corrected chi connectivity index (χ0v) is 12.7. The molecule has 6 nitrogen and oxygen atoms in total. The van der Waals surface area contributed by atoms with Crippen molar-refractivity contribution in [3.05, 3.63) is 36.3 Å². The summed E-state index contributed by atoms with van der Waals surface area (Å²) >= 11 is 0. The molecule has 0 radical (unpaired) electrons. The second-order valence-electron chi connectivity index (χ2n) is 5.60. The summed E-state index contributed by atoms with van der Waals surface area (Å²) in [6, 6.07) is 3.85. The molecule has 0 saturated carbocycles. The predicted octanol–water partition coefficient (Wildman–Crippen LogP) is 1.02. The summed E-state index contributed by atoms with van der Waals surface area (Å²) in [6.07, 6.45) is 6.28. The first-order valence-electron chi connectivity index (χ1n) is 7.02. The molecule has 1 fully saturated rings. The number of carbonyl (C=O) groups is 1. The monoisotopic (exact) mass is 325 g/mol. The Bertz CT molecular complexity index is 803. The van der Waals surface area contributed by atoms with Crippen LogP contribution in [0.5, 0.6) is 0 Å². The lowest BCUT2D eigenvalue weighted by molar-refractivity contribution is -0.127. The van der Waals surface area contributed by atoms with Gasteiger partial charge in [-0.25, -0.2) is 4.98 Å². The van der Waals surface area contributed by atoms with Crippen LogP contribution in [0.3, 0.4) is 0 Å². The van der Waals surface area contributed by atoms with Crippen LogP contribution in [0.4, 0.5) is 3.89 Å². The van der Waals surface area contributed by atoms with Gasteiger partial charge in [-0.15, -0.1) is 3.89 Å². The first-order valence-corrected chi connectivity index (χ1v) is 8.58. The van der Waals surface area contributed by atoms with Crippen LogP contribution in [0.1, 0.15) is 12.0 Å². The molecule has 3 heterocycles. The predicted molar refractivity (Wildman–Crippen MR) is 78.5 cm³/mol. The van der Waals surface area contributed by atoms with Crippen molar-refractivity contribution in [3.63, 3.8) is 0 Å². The quantitative estimate of drug-likeness (QED) is 0.770. The van der Waals surface area contributed by atoms with Gasteiger partial charge in [0.15, 0.2) is 0 Å². The standard InChI is InChI=1S/C14H16FN3O3S/c15-22(20,21)10-12-7-14(19)18(9-12)5-3-11-1-2-13-16-4-6-17(13)8-11/h1-2,4,6,8,12H,3,5,7,9-10H2. The van der Waals surface area contributed by atoms with Crippen molar-refractivity contribution in [1.82, 2.24) is 14.3 Å². The topological polar surface area (TPSA) is 71.8 Å². The molecule has 22 heavy (non-hydrogen) atoms. The van der Waals surface area contributed by atoms with Gasteiger partial charge in [-0.1, -0.05) is 6.07 Å². The van der Waals surface area contributed by atoms with E-state index in [-0.39, 0.29) is 12.3 Å². The molecule has 3 rings (SSSR count). The van der Waals surface area contributed by atoms with Gasteiger partial charge in [0.25, 0.3) is 0 Å². The van der Waals surface area contributed by atoms with Crippen LogP contribution in [0.15, 0.2) is 30.7 Å². The van der Waals surface area contributed by atoms with Crippen molar-refractivity contribution < 1.29 is 17.1 Å². The largest absolute Gasteiger partial charge is 0.342 e. The second kappa shape index (κ2) is 5.68. The zero-order valence-electron chi connectivity index (χ0n) is 11.9. The van der Waals surface area contributed by atoms with Crippen LogP contribution < -0.4 is 0 Å². The van der Waals surface area contributed by atoms with Crippen LogP contribution in [0, 0.1) is 5.92 Å². The van der Waals surface area contributed by atoms with Crippen molar-refractivity contribution in [3.8, 4) is 0 Å². The third-order valence-corrected chi connectivity index (χ3v) is 4.72. The van der Waals surface area contributed by atoms with E-state index in [0.29, 0.717) is 19.5 Å². The van der Waals surface area contributed by atoms with Gasteiger partial charge in [-0.05, 0) is 18.1 Å². The normalized spacial score (nSPS) is 19.2. The molecule has 0 aliphatic carbocycles. The maximum Gasteiger partial charge on any atom is 0.302 e. The van der Waals surface area contributed by atoms with E-state index in [4.69, 9.17) is 0 Å². The van der Waals surface area contributed by atoms with Gasteiger partial charge in [0.2, 0.25) is 5.91 Å². The van der Waals surface area contributed by atoms with E-state index in [0.717, 1.165) is 11.2 Å². The Morgan fingerprint density at radius 2 is 2.18 bits per heavy atom. The lowest BCUT2D eigenvalue weighted by Gasteiger charge is -2.16. The summed E-state index contributed by atoms with van der Waals surface area (Å²) in [5, 5.41) is 0. The third-order valence-electron chi connectivity index (χ3n) is 3.85. The van der Waals surface area contributed by atoms with Crippen molar-refractivity contribution in [1.29, 1.82) is 0 Å². The number of hydrogen-bond acceptors (Lipinski definition) is 4. The molecule has 1 unspecified atom stereocenters. The molecule has 2 aromatic heterocycles. The van der Waals surface area contributed by atoms with E-state index < -0.39 is 21.9 Å². The van der Waals surface area contributed by atoms with Gasteiger partial charge in [0.05, 0.1) is 5.75 Å². The minimum Gasteiger partial charge on any atom is -0.342 e. The number of nitrogens with zero attached hydrogens (tertiary/aromatic N) is 3. The summed E-state index contributed by atoms with van der Waals surface area (Å²) in [4.78, 5) is 17.6. The molecule has 118 valence electrons. The molecule has 1 amide bonds. The van der Waals surface area contributed by atoms with Crippen molar-refractivity contribution in [2.24, 2.45) is 5.92 Å². The van der Waals surface area contributed by atoms with E-state index in [9.17, 15) is 17.1 Å². The van der Waals surface area contributed by atoms with Crippen molar-refractivity contribution in [2.75, 3.05) is 18.8 Å². The molecule has 1 saturated heterocycles. The molecule has 0 bridgehead atoms. The molecule has 1 atom stereocenters. The third kappa shape index (κ3) is 3.44. The number of amides is 1. The number of pyridine rings is 1. The summed E-state index contributed by atoms with van der Waals surface area (Å²) in [6.45, 7) is 0.803. The first-order chi connectivity index (χ1) is 10.4. The van der Waals surface area contributed by atoms with E-state index in [2.05, 4.69) is 4.98 Å². The highest BCUT2D eigenvalue weighted by Crippen LogP contribution is 2.20. The molecule has 8 heteroatoms. The molecule has 0 N–H and O–H groups in total. The van der Waals surface area contributed by atoms with Crippen LogP contribution in [0.25, 0.3) is 5.65 Å². The molecular weight excluding hydrogens is 309 g/mol.